The number of halogens is 1. The maximum absolute atomic E-state index is 7.30. The molecule has 1 N–H and O–H groups in total. The lowest BCUT2D eigenvalue weighted by molar-refractivity contribution is 0.269. The molecule has 3 atom stereocenters. The second-order valence-corrected chi connectivity index (χ2v) is 9.44. The van der Waals surface area contributed by atoms with E-state index in [-0.39, 0.29) is 4.87 Å². The van der Waals surface area contributed by atoms with Crippen LogP contribution in [0.4, 0.5) is 0 Å². The average molecular weight is 407 g/mol. The summed E-state index contributed by atoms with van der Waals surface area (Å²) in [6.07, 6.45) is 4.92. The van der Waals surface area contributed by atoms with Crippen LogP contribution >= 0.6 is 11.6 Å². The Balaban J connectivity index is 1.44. The molecule has 5 rings (SSSR count). The highest BCUT2D eigenvalue weighted by atomic mass is 35.5. The van der Waals surface area contributed by atoms with Crippen LogP contribution in [-0.2, 0) is 18.0 Å². The highest BCUT2D eigenvalue weighted by molar-refractivity contribution is 6.24. The van der Waals surface area contributed by atoms with Gasteiger partial charge in [0.05, 0.1) is 17.1 Å². The van der Waals surface area contributed by atoms with E-state index in [0.29, 0.717) is 11.8 Å². The minimum absolute atomic E-state index is 0.296. The van der Waals surface area contributed by atoms with Crippen LogP contribution in [0.5, 0.6) is 0 Å². The third kappa shape index (κ3) is 3.28. The lowest BCUT2D eigenvalue weighted by Crippen LogP contribution is -2.31. The Morgan fingerprint density at radius 3 is 2.86 bits per heavy atom. The monoisotopic (exact) mass is 406 g/mol. The van der Waals surface area contributed by atoms with Gasteiger partial charge in [0.25, 0.3) is 0 Å². The fourth-order valence-electron chi connectivity index (χ4n) is 5.28. The highest BCUT2D eigenvalue weighted by Gasteiger charge is 2.40. The fourth-order valence-corrected chi connectivity index (χ4v) is 5.75. The van der Waals surface area contributed by atoms with Crippen LogP contribution in [-0.4, -0.2) is 14.8 Å². The number of nitrogens with zero attached hydrogens (tertiary/aromatic N) is 3. The molecule has 4 nitrogen and oxygen atoms in total. The predicted octanol–water partition coefficient (Wildman–Crippen LogP) is 5.22. The van der Waals surface area contributed by atoms with Crippen molar-refractivity contribution in [2.75, 3.05) is 0 Å². The van der Waals surface area contributed by atoms with Crippen molar-refractivity contribution >= 4 is 11.6 Å². The topological polar surface area (TPSA) is 42.7 Å². The summed E-state index contributed by atoms with van der Waals surface area (Å²) in [7, 11) is 0. The van der Waals surface area contributed by atoms with Crippen molar-refractivity contribution in [1.82, 2.24) is 20.1 Å². The van der Waals surface area contributed by atoms with E-state index in [9.17, 15) is 0 Å². The van der Waals surface area contributed by atoms with Crippen molar-refractivity contribution in [1.29, 1.82) is 0 Å². The minimum Gasteiger partial charge on any atom is -0.306 e. The van der Waals surface area contributed by atoms with Gasteiger partial charge >= 0.3 is 0 Å². The van der Waals surface area contributed by atoms with Gasteiger partial charge in [-0.25, -0.2) is 0 Å². The molecule has 1 aromatic heterocycles. The molecule has 2 heterocycles. The summed E-state index contributed by atoms with van der Waals surface area (Å²) in [6.45, 7) is 6.14. The van der Waals surface area contributed by atoms with E-state index in [0.717, 1.165) is 43.9 Å². The molecule has 0 saturated heterocycles. The van der Waals surface area contributed by atoms with Crippen molar-refractivity contribution in [3.8, 4) is 5.69 Å². The molecule has 1 fully saturated rings. The Morgan fingerprint density at radius 1 is 1.17 bits per heavy atom. The number of rotatable bonds is 2. The molecule has 29 heavy (non-hydrogen) atoms. The molecule has 2 aromatic carbocycles. The first-order chi connectivity index (χ1) is 14.0. The minimum atomic E-state index is -0.296. The smallest absolute Gasteiger partial charge is 0.151 e. The molecular weight excluding hydrogens is 380 g/mol. The third-order valence-electron chi connectivity index (χ3n) is 6.85. The molecule has 0 bridgehead atoms. The van der Waals surface area contributed by atoms with E-state index < -0.39 is 0 Å². The Hall–Kier alpha value is -2.17. The molecule has 3 aromatic rings. The van der Waals surface area contributed by atoms with Crippen molar-refractivity contribution < 1.29 is 0 Å². The zero-order valence-electron chi connectivity index (χ0n) is 17.0. The van der Waals surface area contributed by atoms with E-state index in [1.54, 1.807) is 6.33 Å². The number of hydrogen-bond acceptors (Lipinski definition) is 3. The standard InChI is InChI=1S/C24H27ClN4/c1-16-5-3-4-6-20(16)21-9-10-24(25,12-17(21)2)19-7-8-22-18(11-19)13-26-14-23-28-27-15-29(22)23/h3-8,11,15,17,21,26H,9-10,12-14H2,1-2H3. The van der Waals surface area contributed by atoms with Crippen LogP contribution in [0.25, 0.3) is 5.69 Å². The van der Waals surface area contributed by atoms with Gasteiger partial charge in [0, 0.05) is 6.54 Å². The molecule has 1 saturated carbocycles. The molecule has 1 aliphatic heterocycles. The second kappa shape index (κ2) is 7.26. The normalized spacial score (nSPS) is 26.4. The number of hydrogen-bond donors (Lipinski definition) is 1. The first kappa shape index (κ1) is 18.8. The van der Waals surface area contributed by atoms with Crippen molar-refractivity contribution in [2.24, 2.45) is 5.92 Å². The summed E-state index contributed by atoms with van der Waals surface area (Å²) in [4.78, 5) is -0.296. The van der Waals surface area contributed by atoms with Gasteiger partial charge in [-0.2, -0.15) is 0 Å². The fraction of sp³-hybridized carbons (Fsp3) is 0.417. The Kier molecular flexibility index (Phi) is 4.72. The molecule has 0 amide bonds. The second-order valence-electron chi connectivity index (χ2n) is 8.71. The lowest BCUT2D eigenvalue weighted by atomic mass is 9.69. The number of aryl methyl sites for hydroxylation is 1. The third-order valence-corrected chi connectivity index (χ3v) is 7.41. The quantitative estimate of drug-likeness (QED) is 0.593. The molecule has 0 radical (unpaired) electrons. The van der Waals surface area contributed by atoms with Crippen molar-refractivity contribution in [2.45, 2.75) is 57.0 Å². The van der Waals surface area contributed by atoms with Gasteiger partial charge in [0.15, 0.2) is 5.82 Å². The van der Waals surface area contributed by atoms with Crippen LogP contribution in [0.15, 0.2) is 48.8 Å². The van der Waals surface area contributed by atoms with Gasteiger partial charge in [-0.3, -0.25) is 4.57 Å². The van der Waals surface area contributed by atoms with E-state index in [4.69, 9.17) is 11.6 Å². The summed E-state index contributed by atoms with van der Waals surface area (Å²) in [5.41, 5.74) is 6.54. The van der Waals surface area contributed by atoms with Crippen molar-refractivity contribution in [3.05, 3.63) is 76.9 Å². The first-order valence-corrected chi connectivity index (χ1v) is 10.9. The van der Waals surface area contributed by atoms with Crippen LogP contribution in [0, 0.1) is 12.8 Å². The Labute approximate surface area is 177 Å². The van der Waals surface area contributed by atoms with Gasteiger partial charge in [-0.05, 0) is 66.3 Å². The zero-order chi connectivity index (χ0) is 20.0. The molecule has 1 aliphatic carbocycles. The summed E-state index contributed by atoms with van der Waals surface area (Å²) < 4.78 is 2.08. The summed E-state index contributed by atoms with van der Waals surface area (Å²) in [5, 5.41) is 11.8. The van der Waals surface area contributed by atoms with Gasteiger partial charge in [-0.15, -0.1) is 21.8 Å². The summed E-state index contributed by atoms with van der Waals surface area (Å²) >= 11 is 7.30. The van der Waals surface area contributed by atoms with E-state index in [1.807, 2.05) is 0 Å². The Bertz CT molecular complexity index is 1040. The molecule has 5 heteroatoms. The van der Waals surface area contributed by atoms with Gasteiger partial charge in [0.2, 0.25) is 0 Å². The van der Waals surface area contributed by atoms with Crippen LogP contribution < -0.4 is 5.32 Å². The lowest BCUT2D eigenvalue weighted by Gasteiger charge is -2.41. The van der Waals surface area contributed by atoms with Gasteiger partial charge < -0.3 is 5.32 Å². The molecule has 150 valence electrons. The molecule has 0 spiro atoms. The molecular formula is C24H27ClN4. The number of alkyl halides is 1. The van der Waals surface area contributed by atoms with Gasteiger partial charge in [0.1, 0.15) is 6.33 Å². The highest BCUT2D eigenvalue weighted by Crippen LogP contribution is 2.51. The largest absolute Gasteiger partial charge is 0.306 e. The molecule has 2 aliphatic rings. The van der Waals surface area contributed by atoms with E-state index in [2.05, 4.69) is 76.4 Å². The van der Waals surface area contributed by atoms with E-state index >= 15 is 0 Å². The number of nitrogens with one attached hydrogen (secondary N) is 1. The van der Waals surface area contributed by atoms with Crippen LogP contribution in [0.3, 0.4) is 0 Å². The molecule has 3 unspecified atom stereocenters. The van der Waals surface area contributed by atoms with Gasteiger partial charge in [-0.1, -0.05) is 43.3 Å². The summed E-state index contributed by atoms with van der Waals surface area (Å²) in [5.74, 6) is 2.08. The van der Waals surface area contributed by atoms with Crippen LogP contribution in [0.2, 0.25) is 0 Å². The number of fused-ring (bicyclic) bond motifs is 3. The summed E-state index contributed by atoms with van der Waals surface area (Å²) in [6, 6.07) is 15.5. The number of aromatic nitrogens is 3. The average Bonchev–Trinajstić information content (AvgIpc) is 3.10. The Morgan fingerprint density at radius 2 is 2.03 bits per heavy atom. The zero-order valence-corrected chi connectivity index (χ0v) is 17.8. The first-order valence-electron chi connectivity index (χ1n) is 10.5. The maximum Gasteiger partial charge on any atom is 0.151 e. The van der Waals surface area contributed by atoms with Crippen molar-refractivity contribution in [3.63, 3.8) is 0 Å². The SMILES string of the molecule is Cc1ccccc1C1CCC(Cl)(c2ccc3c(c2)CNCc2nncn2-3)CC1C. The predicted molar refractivity (Wildman–Crippen MR) is 116 cm³/mol. The van der Waals surface area contributed by atoms with Crippen LogP contribution in [0.1, 0.15) is 60.2 Å². The number of benzene rings is 2. The maximum atomic E-state index is 7.30. The van der Waals surface area contributed by atoms with E-state index in [1.165, 1.54) is 22.3 Å².